The minimum Gasteiger partial charge on any atom is -0.314 e. The lowest BCUT2D eigenvalue weighted by Crippen LogP contribution is -2.44. The summed E-state index contributed by atoms with van der Waals surface area (Å²) in [6, 6.07) is 7.72. The zero-order chi connectivity index (χ0) is 15.9. The highest BCUT2D eigenvalue weighted by atomic mass is 16.2. The molecule has 0 saturated carbocycles. The number of nitrogens with one attached hydrogen (secondary N) is 1. The van der Waals surface area contributed by atoms with Crippen molar-refractivity contribution >= 4 is 17.4 Å². The number of amides is 1. The van der Waals surface area contributed by atoms with Crippen LogP contribution in [0.1, 0.15) is 36.2 Å². The molecule has 1 aromatic heterocycles. The van der Waals surface area contributed by atoms with Gasteiger partial charge in [0, 0.05) is 25.4 Å². The average molecular weight is 297 g/mol. The fourth-order valence-corrected chi connectivity index (χ4v) is 3.36. The van der Waals surface area contributed by atoms with Crippen LogP contribution in [0.3, 0.4) is 0 Å². The van der Waals surface area contributed by atoms with Crippen LogP contribution in [-0.4, -0.2) is 28.9 Å². The number of aromatic nitrogens is 2. The number of carbonyl (C=O) groups excluding carboxylic acids is 2. The number of aromatic amines is 1. The zero-order valence-electron chi connectivity index (χ0n) is 13.0. The Morgan fingerprint density at radius 2 is 2.09 bits per heavy atom. The van der Waals surface area contributed by atoms with Crippen molar-refractivity contribution in [3.63, 3.8) is 0 Å². The first-order valence-corrected chi connectivity index (χ1v) is 7.38. The Morgan fingerprint density at radius 3 is 2.73 bits per heavy atom. The summed E-state index contributed by atoms with van der Waals surface area (Å²) >= 11 is 0. The van der Waals surface area contributed by atoms with Crippen molar-refractivity contribution < 1.29 is 9.59 Å². The number of para-hydroxylation sites is 1. The number of anilines is 1. The van der Waals surface area contributed by atoms with Gasteiger partial charge in [0.15, 0.2) is 5.78 Å². The second-order valence-corrected chi connectivity index (χ2v) is 6.09. The summed E-state index contributed by atoms with van der Waals surface area (Å²) in [4.78, 5) is 27.2. The first kappa shape index (κ1) is 14.5. The Kier molecular flexibility index (Phi) is 3.35. The van der Waals surface area contributed by atoms with Crippen molar-refractivity contribution in [1.82, 2.24) is 10.2 Å². The van der Waals surface area contributed by atoms with E-state index in [1.807, 2.05) is 38.1 Å². The van der Waals surface area contributed by atoms with Crippen molar-refractivity contribution in [2.75, 3.05) is 11.9 Å². The maximum Gasteiger partial charge on any atom is 0.238 e. The molecule has 5 nitrogen and oxygen atoms in total. The predicted octanol–water partition coefficient (Wildman–Crippen LogP) is 2.55. The number of rotatable bonds is 4. The van der Waals surface area contributed by atoms with Crippen LogP contribution >= 0.6 is 0 Å². The molecule has 114 valence electrons. The van der Waals surface area contributed by atoms with Crippen LogP contribution in [-0.2, 0) is 10.2 Å². The number of carbonyl (C=O) groups is 2. The second-order valence-electron chi connectivity index (χ2n) is 6.09. The van der Waals surface area contributed by atoms with E-state index in [4.69, 9.17) is 0 Å². The molecule has 1 aliphatic heterocycles. The van der Waals surface area contributed by atoms with Gasteiger partial charge in [-0.05, 0) is 17.5 Å². The summed E-state index contributed by atoms with van der Waals surface area (Å²) in [6.07, 6.45) is 3.24. The number of ketones is 1. The zero-order valence-corrected chi connectivity index (χ0v) is 13.0. The molecule has 22 heavy (non-hydrogen) atoms. The molecule has 0 saturated heterocycles. The summed E-state index contributed by atoms with van der Waals surface area (Å²) in [5.41, 5.74) is 1.54. The summed E-state index contributed by atoms with van der Waals surface area (Å²) in [7, 11) is 1.77. The molecule has 3 rings (SSSR count). The third-order valence-corrected chi connectivity index (χ3v) is 4.68. The topological polar surface area (TPSA) is 66.1 Å². The molecule has 0 unspecified atom stereocenters. The van der Waals surface area contributed by atoms with Gasteiger partial charge in [0.1, 0.15) is 0 Å². The van der Waals surface area contributed by atoms with Crippen LogP contribution < -0.4 is 4.90 Å². The normalized spacial score (nSPS) is 20.5. The Morgan fingerprint density at radius 1 is 1.36 bits per heavy atom. The van der Waals surface area contributed by atoms with Gasteiger partial charge < -0.3 is 4.90 Å². The maximum absolute atomic E-state index is 13.0. The van der Waals surface area contributed by atoms with E-state index in [0.29, 0.717) is 5.56 Å². The standard InChI is InChI=1S/C17H19N3O2/c1-11(2)17(8-15(21)12-9-18-19-10-12)13-6-4-5-7-14(13)20(3)16(17)22/h4-7,9-11H,8H2,1-3H3,(H,18,19)/t17-/m1/s1. The molecule has 5 heteroatoms. The van der Waals surface area contributed by atoms with E-state index in [9.17, 15) is 9.59 Å². The Bertz CT molecular complexity index is 721. The summed E-state index contributed by atoms with van der Waals surface area (Å²) in [5, 5.41) is 6.47. The van der Waals surface area contributed by atoms with Gasteiger partial charge in [-0.3, -0.25) is 14.7 Å². The molecule has 0 aliphatic carbocycles. The Hall–Kier alpha value is -2.43. The molecule has 1 N–H and O–H groups in total. The molecule has 2 aromatic rings. The highest BCUT2D eigenvalue weighted by molar-refractivity contribution is 6.11. The van der Waals surface area contributed by atoms with E-state index >= 15 is 0 Å². The van der Waals surface area contributed by atoms with Gasteiger partial charge in [0.2, 0.25) is 5.91 Å². The molecular formula is C17H19N3O2. The number of nitrogens with zero attached hydrogens (tertiary/aromatic N) is 2. The van der Waals surface area contributed by atoms with Crippen LogP contribution in [0.25, 0.3) is 0 Å². The van der Waals surface area contributed by atoms with E-state index in [1.54, 1.807) is 18.1 Å². The molecule has 1 atom stereocenters. The van der Waals surface area contributed by atoms with E-state index in [1.165, 1.54) is 6.20 Å². The van der Waals surface area contributed by atoms with Crippen molar-refractivity contribution in [2.24, 2.45) is 5.92 Å². The number of benzene rings is 1. The van der Waals surface area contributed by atoms with E-state index in [2.05, 4.69) is 10.2 Å². The Balaban J connectivity index is 2.10. The molecule has 0 spiro atoms. The first-order valence-electron chi connectivity index (χ1n) is 7.38. The maximum atomic E-state index is 13.0. The van der Waals surface area contributed by atoms with Crippen molar-refractivity contribution in [3.8, 4) is 0 Å². The van der Waals surface area contributed by atoms with Crippen LogP contribution in [0.4, 0.5) is 5.69 Å². The van der Waals surface area contributed by atoms with Crippen LogP contribution in [0.5, 0.6) is 0 Å². The molecule has 1 aliphatic rings. The van der Waals surface area contributed by atoms with Gasteiger partial charge >= 0.3 is 0 Å². The highest BCUT2D eigenvalue weighted by Crippen LogP contribution is 2.48. The van der Waals surface area contributed by atoms with E-state index in [0.717, 1.165) is 11.3 Å². The van der Waals surface area contributed by atoms with Gasteiger partial charge in [0.25, 0.3) is 0 Å². The molecule has 0 radical (unpaired) electrons. The number of fused-ring (bicyclic) bond motifs is 1. The number of Topliss-reactive ketones (excluding diaryl/α,β-unsaturated/α-hetero) is 1. The van der Waals surface area contributed by atoms with Crippen LogP contribution in [0.2, 0.25) is 0 Å². The minimum atomic E-state index is -0.806. The smallest absolute Gasteiger partial charge is 0.238 e. The summed E-state index contributed by atoms with van der Waals surface area (Å²) in [5.74, 6) is -0.0663. The fraction of sp³-hybridized carbons (Fsp3) is 0.353. The number of likely N-dealkylation sites (N-methyl/N-ethyl adjacent to an activating group) is 1. The van der Waals surface area contributed by atoms with Crippen LogP contribution in [0, 0.1) is 5.92 Å². The lowest BCUT2D eigenvalue weighted by Gasteiger charge is -2.31. The SMILES string of the molecule is CC(C)[C@@]1(CC(=O)c2cn[nH]c2)C(=O)N(C)c2ccccc21. The first-order chi connectivity index (χ1) is 10.5. The largest absolute Gasteiger partial charge is 0.314 e. The number of H-pyrrole nitrogens is 1. The second kappa shape index (κ2) is 5.09. The monoisotopic (exact) mass is 297 g/mol. The molecular weight excluding hydrogens is 278 g/mol. The van der Waals surface area contributed by atoms with E-state index in [-0.39, 0.29) is 24.0 Å². The highest BCUT2D eigenvalue weighted by Gasteiger charge is 2.52. The fourth-order valence-electron chi connectivity index (χ4n) is 3.36. The third kappa shape index (κ3) is 1.89. The minimum absolute atomic E-state index is 0.0134. The predicted molar refractivity (Wildman–Crippen MR) is 83.9 cm³/mol. The van der Waals surface area contributed by atoms with Crippen molar-refractivity contribution in [3.05, 3.63) is 47.8 Å². The summed E-state index contributed by atoms with van der Waals surface area (Å²) in [6.45, 7) is 3.99. The Labute approximate surface area is 129 Å². The van der Waals surface area contributed by atoms with Crippen molar-refractivity contribution in [1.29, 1.82) is 0 Å². The van der Waals surface area contributed by atoms with Crippen molar-refractivity contribution in [2.45, 2.75) is 25.7 Å². The molecule has 0 bridgehead atoms. The average Bonchev–Trinajstić information content (AvgIpc) is 3.11. The van der Waals surface area contributed by atoms with Gasteiger partial charge in [-0.25, -0.2) is 0 Å². The van der Waals surface area contributed by atoms with Gasteiger partial charge in [-0.15, -0.1) is 0 Å². The number of hydrogen-bond donors (Lipinski definition) is 1. The van der Waals surface area contributed by atoms with Gasteiger partial charge in [0.05, 0.1) is 17.2 Å². The molecule has 1 amide bonds. The third-order valence-electron chi connectivity index (χ3n) is 4.68. The quantitative estimate of drug-likeness (QED) is 0.882. The van der Waals surface area contributed by atoms with Gasteiger partial charge in [-0.2, -0.15) is 5.10 Å². The lowest BCUT2D eigenvalue weighted by atomic mass is 9.69. The lowest BCUT2D eigenvalue weighted by molar-refractivity contribution is -0.124. The van der Waals surface area contributed by atoms with Crippen LogP contribution in [0.15, 0.2) is 36.7 Å². The summed E-state index contributed by atoms with van der Waals surface area (Å²) < 4.78 is 0. The molecule has 1 aromatic carbocycles. The van der Waals surface area contributed by atoms with Gasteiger partial charge in [-0.1, -0.05) is 32.0 Å². The molecule has 2 heterocycles. The molecule has 0 fully saturated rings. The number of hydrogen-bond acceptors (Lipinski definition) is 3. The van der Waals surface area contributed by atoms with E-state index < -0.39 is 5.41 Å².